The van der Waals surface area contributed by atoms with Crippen molar-refractivity contribution in [3.05, 3.63) is 35.4 Å². The van der Waals surface area contributed by atoms with Gasteiger partial charge < -0.3 is 10.1 Å². The van der Waals surface area contributed by atoms with Crippen molar-refractivity contribution >= 4 is 16.7 Å². The Morgan fingerprint density at radius 1 is 1.21 bits per heavy atom. The average Bonchev–Trinajstić information content (AvgIpc) is 2.45. The molecule has 0 unspecified atom stereocenters. The van der Waals surface area contributed by atoms with Gasteiger partial charge in [-0.15, -0.1) is 0 Å². The highest BCUT2D eigenvalue weighted by molar-refractivity contribution is 5.84. The molecule has 0 atom stereocenters. The van der Waals surface area contributed by atoms with E-state index in [-0.39, 0.29) is 0 Å². The van der Waals surface area contributed by atoms with E-state index in [1.807, 2.05) is 0 Å². The smallest absolute Gasteiger partial charge is 0.129 e. The average molecular weight is 258 g/mol. The van der Waals surface area contributed by atoms with E-state index in [1.165, 1.54) is 10.9 Å². The molecular formula is C16H22N2O. The van der Waals surface area contributed by atoms with Crippen LogP contribution in [0, 0.1) is 0 Å². The molecule has 19 heavy (non-hydrogen) atoms. The molecule has 2 rings (SSSR count). The first-order chi connectivity index (χ1) is 9.30. The van der Waals surface area contributed by atoms with Crippen LogP contribution >= 0.6 is 0 Å². The topological polar surface area (TPSA) is 34.2 Å². The van der Waals surface area contributed by atoms with E-state index in [9.17, 15) is 0 Å². The van der Waals surface area contributed by atoms with E-state index in [0.29, 0.717) is 6.61 Å². The zero-order valence-corrected chi connectivity index (χ0v) is 12.0. The summed E-state index contributed by atoms with van der Waals surface area (Å²) < 4.78 is 5.25. The molecular weight excluding hydrogens is 236 g/mol. The number of anilines is 1. The molecule has 0 saturated carbocycles. The molecule has 1 heterocycles. The number of nitrogens with one attached hydrogen (secondary N) is 1. The zero-order chi connectivity index (χ0) is 13.7. The van der Waals surface area contributed by atoms with E-state index in [4.69, 9.17) is 9.72 Å². The third kappa shape index (κ3) is 3.04. The van der Waals surface area contributed by atoms with Crippen LogP contribution in [0.1, 0.15) is 31.4 Å². The second kappa shape index (κ2) is 6.53. The largest absolute Gasteiger partial charge is 0.380 e. The third-order valence-electron chi connectivity index (χ3n) is 3.23. The van der Waals surface area contributed by atoms with Gasteiger partial charge in [-0.2, -0.15) is 0 Å². The number of fused-ring (bicyclic) bond motifs is 1. The van der Waals surface area contributed by atoms with Crippen LogP contribution in [0.5, 0.6) is 0 Å². The minimum Gasteiger partial charge on any atom is -0.380 e. The molecule has 1 N–H and O–H groups in total. The number of hydrogen-bond acceptors (Lipinski definition) is 3. The van der Waals surface area contributed by atoms with Crippen molar-refractivity contribution in [3.8, 4) is 0 Å². The molecule has 2 aromatic rings. The highest BCUT2D eigenvalue weighted by atomic mass is 16.5. The van der Waals surface area contributed by atoms with Gasteiger partial charge in [0.2, 0.25) is 0 Å². The summed E-state index contributed by atoms with van der Waals surface area (Å²) in [5.41, 5.74) is 3.46. The maximum absolute atomic E-state index is 5.25. The molecule has 3 heteroatoms. The SMILES string of the molecule is CCCNc1nc2c(COC)cccc2cc1CC. The van der Waals surface area contributed by atoms with E-state index in [1.54, 1.807) is 7.11 Å². The van der Waals surface area contributed by atoms with Gasteiger partial charge in [0.1, 0.15) is 5.82 Å². The molecule has 0 bridgehead atoms. The lowest BCUT2D eigenvalue weighted by molar-refractivity contribution is 0.186. The lowest BCUT2D eigenvalue weighted by atomic mass is 10.1. The Balaban J connectivity index is 2.51. The molecule has 0 saturated heterocycles. The fraction of sp³-hybridized carbons (Fsp3) is 0.438. The van der Waals surface area contributed by atoms with Gasteiger partial charge in [0.15, 0.2) is 0 Å². The Labute approximate surface area is 115 Å². The Bertz CT molecular complexity index is 552. The molecule has 102 valence electrons. The van der Waals surface area contributed by atoms with E-state index < -0.39 is 0 Å². The Morgan fingerprint density at radius 3 is 2.74 bits per heavy atom. The minimum absolute atomic E-state index is 0.600. The van der Waals surface area contributed by atoms with Crippen LogP contribution < -0.4 is 5.32 Å². The van der Waals surface area contributed by atoms with Gasteiger partial charge in [0.05, 0.1) is 12.1 Å². The van der Waals surface area contributed by atoms with Crippen LogP contribution in [0.3, 0.4) is 0 Å². The Morgan fingerprint density at radius 2 is 2.05 bits per heavy atom. The number of aromatic nitrogens is 1. The second-order valence-electron chi connectivity index (χ2n) is 4.70. The monoisotopic (exact) mass is 258 g/mol. The van der Waals surface area contributed by atoms with Gasteiger partial charge in [-0.3, -0.25) is 0 Å². The number of benzene rings is 1. The molecule has 0 aliphatic rings. The van der Waals surface area contributed by atoms with Crippen molar-refractivity contribution in [1.29, 1.82) is 0 Å². The Hall–Kier alpha value is -1.61. The van der Waals surface area contributed by atoms with Crippen LogP contribution in [0.4, 0.5) is 5.82 Å². The fourth-order valence-corrected chi connectivity index (χ4v) is 2.24. The summed E-state index contributed by atoms with van der Waals surface area (Å²) in [7, 11) is 1.72. The number of hydrogen-bond donors (Lipinski definition) is 1. The number of nitrogens with zero attached hydrogens (tertiary/aromatic N) is 1. The zero-order valence-electron chi connectivity index (χ0n) is 12.0. The third-order valence-corrected chi connectivity index (χ3v) is 3.23. The fourth-order valence-electron chi connectivity index (χ4n) is 2.24. The predicted octanol–water partition coefficient (Wildman–Crippen LogP) is 3.77. The molecule has 0 aliphatic carbocycles. The number of rotatable bonds is 6. The number of aryl methyl sites for hydroxylation is 1. The van der Waals surface area contributed by atoms with Crippen LogP contribution in [0.2, 0.25) is 0 Å². The standard InChI is InChI=1S/C16H22N2O/c1-4-9-17-16-12(5-2)10-13-7-6-8-14(11-19-3)15(13)18-16/h6-8,10H,4-5,9,11H2,1-3H3,(H,17,18). The first kappa shape index (κ1) is 13.8. The summed E-state index contributed by atoms with van der Waals surface area (Å²) in [5, 5.41) is 4.61. The van der Waals surface area contributed by atoms with E-state index in [0.717, 1.165) is 36.3 Å². The van der Waals surface area contributed by atoms with Gasteiger partial charge in [-0.05, 0) is 24.5 Å². The van der Waals surface area contributed by atoms with Gasteiger partial charge in [0.25, 0.3) is 0 Å². The summed E-state index contributed by atoms with van der Waals surface area (Å²) >= 11 is 0. The van der Waals surface area contributed by atoms with E-state index >= 15 is 0 Å². The summed E-state index contributed by atoms with van der Waals surface area (Å²) in [6.07, 6.45) is 2.09. The van der Waals surface area contributed by atoms with Crippen molar-refractivity contribution in [1.82, 2.24) is 4.98 Å². The van der Waals surface area contributed by atoms with E-state index in [2.05, 4.69) is 43.4 Å². The highest BCUT2D eigenvalue weighted by Gasteiger charge is 2.08. The maximum atomic E-state index is 5.25. The van der Waals surface area contributed by atoms with Crippen LogP contribution in [0.25, 0.3) is 10.9 Å². The molecule has 0 aliphatic heterocycles. The van der Waals surface area contributed by atoms with Crippen LogP contribution in [-0.4, -0.2) is 18.6 Å². The van der Waals surface area contributed by atoms with Crippen molar-refractivity contribution in [3.63, 3.8) is 0 Å². The number of para-hydroxylation sites is 1. The number of pyridine rings is 1. The molecule has 0 radical (unpaired) electrons. The number of methoxy groups -OCH3 is 1. The quantitative estimate of drug-likeness (QED) is 0.856. The van der Waals surface area contributed by atoms with Crippen molar-refractivity contribution in [2.45, 2.75) is 33.3 Å². The molecule has 1 aromatic carbocycles. The first-order valence-corrected chi connectivity index (χ1v) is 6.94. The molecule has 1 aromatic heterocycles. The maximum Gasteiger partial charge on any atom is 0.129 e. The Kier molecular flexibility index (Phi) is 4.74. The van der Waals surface area contributed by atoms with Crippen LogP contribution in [-0.2, 0) is 17.8 Å². The van der Waals surface area contributed by atoms with Gasteiger partial charge in [-0.25, -0.2) is 4.98 Å². The summed E-state index contributed by atoms with van der Waals surface area (Å²) in [4.78, 5) is 4.81. The van der Waals surface area contributed by atoms with Gasteiger partial charge >= 0.3 is 0 Å². The lowest BCUT2D eigenvalue weighted by Gasteiger charge is -2.13. The number of ether oxygens (including phenoxy) is 1. The first-order valence-electron chi connectivity index (χ1n) is 6.94. The summed E-state index contributed by atoms with van der Waals surface area (Å²) in [6.45, 7) is 5.88. The lowest BCUT2D eigenvalue weighted by Crippen LogP contribution is -2.06. The van der Waals surface area contributed by atoms with Gasteiger partial charge in [-0.1, -0.05) is 32.0 Å². The second-order valence-corrected chi connectivity index (χ2v) is 4.70. The minimum atomic E-state index is 0.600. The summed E-state index contributed by atoms with van der Waals surface area (Å²) in [5.74, 6) is 1.01. The van der Waals surface area contributed by atoms with Gasteiger partial charge in [0, 0.05) is 24.6 Å². The van der Waals surface area contributed by atoms with Crippen molar-refractivity contribution in [2.24, 2.45) is 0 Å². The molecule has 0 spiro atoms. The summed E-state index contributed by atoms with van der Waals surface area (Å²) in [6, 6.07) is 8.49. The normalized spacial score (nSPS) is 10.9. The van der Waals surface area contributed by atoms with Crippen molar-refractivity contribution < 1.29 is 4.74 Å². The highest BCUT2D eigenvalue weighted by Crippen LogP contribution is 2.24. The molecule has 0 fully saturated rings. The predicted molar refractivity (Wildman–Crippen MR) is 80.6 cm³/mol. The van der Waals surface area contributed by atoms with Crippen molar-refractivity contribution in [2.75, 3.05) is 19.0 Å². The van der Waals surface area contributed by atoms with Crippen LogP contribution in [0.15, 0.2) is 24.3 Å². The molecule has 0 amide bonds. The molecule has 3 nitrogen and oxygen atoms in total.